The maximum Gasteiger partial charge on any atom is 0.408 e. The molecule has 1 heterocycles. The highest BCUT2D eigenvalue weighted by Crippen LogP contribution is 2.23. The Kier molecular flexibility index (Phi) is 5.70. The van der Waals surface area contributed by atoms with Crippen LogP contribution in [0.3, 0.4) is 0 Å². The number of nitrogens with zero attached hydrogens (tertiary/aromatic N) is 1. The van der Waals surface area contributed by atoms with Crippen LogP contribution in [-0.4, -0.2) is 41.7 Å². The number of hydrogen-bond acceptors (Lipinski definition) is 7. The smallest absolute Gasteiger partial charge is 0.408 e. The Balaban J connectivity index is 2.65. The second-order valence-corrected chi connectivity index (χ2v) is 6.13. The highest BCUT2D eigenvalue weighted by Gasteiger charge is 2.28. The maximum absolute atomic E-state index is 11.7. The van der Waals surface area contributed by atoms with Crippen molar-refractivity contribution in [3.05, 3.63) is 11.1 Å². The maximum atomic E-state index is 11.7. The summed E-state index contributed by atoms with van der Waals surface area (Å²) in [6.45, 7) is 5.24. The molecule has 3 N–H and O–H groups in total. The number of nitrogens with two attached hydrogens (primary N) is 1. The number of ether oxygens (including phenoxy) is 2. The molecule has 0 aromatic heterocycles. The molecule has 20 heavy (non-hydrogen) atoms. The first kappa shape index (κ1) is 16.6. The van der Waals surface area contributed by atoms with E-state index in [0.717, 1.165) is 5.70 Å². The van der Waals surface area contributed by atoms with Crippen molar-refractivity contribution in [2.45, 2.75) is 38.8 Å². The average molecular weight is 303 g/mol. The van der Waals surface area contributed by atoms with Gasteiger partial charge in [-0.25, -0.2) is 15.4 Å². The summed E-state index contributed by atoms with van der Waals surface area (Å²) in [6, 6.07) is -0.828. The predicted octanol–water partition coefficient (Wildman–Crippen LogP) is 1.16. The van der Waals surface area contributed by atoms with E-state index in [2.05, 4.69) is 10.1 Å². The number of thioether (sulfide) groups is 1. The van der Waals surface area contributed by atoms with Gasteiger partial charge < -0.3 is 19.8 Å². The molecule has 0 saturated heterocycles. The minimum Gasteiger partial charge on any atom is -0.467 e. The first-order chi connectivity index (χ1) is 9.23. The van der Waals surface area contributed by atoms with Crippen LogP contribution < -0.4 is 11.2 Å². The third-order valence-electron chi connectivity index (χ3n) is 2.39. The molecule has 0 aromatic rings. The quantitative estimate of drug-likeness (QED) is 0.594. The van der Waals surface area contributed by atoms with E-state index in [-0.39, 0.29) is 6.42 Å². The van der Waals surface area contributed by atoms with Gasteiger partial charge in [0, 0.05) is 12.1 Å². The van der Waals surface area contributed by atoms with Crippen LogP contribution in [0.2, 0.25) is 0 Å². The number of esters is 1. The molecule has 1 atom stereocenters. The highest BCUT2D eigenvalue weighted by molar-refractivity contribution is 8.02. The third-order valence-corrected chi connectivity index (χ3v) is 3.26. The van der Waals surface area contributed by atoms with Crippen LogP contribution >= 0.6 is 11.8 Å². The van der Waals surface area contributed by atoms with Crippen molar-refractivity contribution in [1.29, 1.82) is 0 Å². The molecule has 0 bridgehead atoms. The van der Waals surface area contributed by atoms with E-state index in [1.165, 1.54) is 23.9 Å². The normalized spacial score (nSPS) is 16.4. The van der Waals surface area contributed by atoms with Gasteiger partial charge in [-0.05, 0) is 26.2 Å². The minimum atomic E-state index is -0.828. The topological polar surface area (TPSA) is 93.9 Å². The summed E-state index contributed by atoms with van der Waals surface area (Å²) >= 11 is 1.52. The largest absolute Gasteiger partial charge is 0.467 e. The fourth-order valence-corrected chi connectivity index (χ4v) is 2.35. The molecule has 1 aliphatic rings. The lowest BCUT2D eigenvalue weighted by Gasteiger charge is -2.24. The van der Waals surface area contributed by atoms with Crippen LogP contribution in [0.4, 0.5) is 4.79 Å². The minimum absolute atomic E-state index is 0.259. The van der Waals surface area contributed by atoms with Gasteiger partial charge in [0.05, 0.1) is 13.0 Å². The SMILES string of the molecule is COC(=O)C(CC1=CSCN1N)NC(=O)OC(C)(C)C. The predicted molar refractivity (Wildman–Crippen MR) is 76.4 cm³/mol. The summed E-state index contributed by atoms with van der Waals surface area (Å²) < 4.78 is 9.81. The van der Waals surface area contributed by atoms with E-state index in [4.69, 9.17) is 10.6 Å². The molecule has 1 amide bonds. The molecule has 7 nitrogen and oxygen atoms in total. The van der Waals surface area contributed by atoms with Crippen molar-refractivity contribution in [3.8, 4) is 0 Å². The number of methoxy groups -OCH3 is 1. The Morgan fingerprint density at radius 2 is 2.20 bits per heavy atom. The molecule has 0 aliphatic carbocycles. The zero-order chi connectivity index (χ0) is 15.3. The van der Waals surface area contributed by atoms with Crippen LogP contribution in [-0.2, 0) is 14.3 Å². The van der Waals surface area contributed by atoms with Crippen LogP contribution in [0.25, 0.3) is 0 Å². The lowest BCUT2D eigenvalue weighted by molar-refractivity contribution is -0.143. The Bertz CT molecular complexity index is 406. The lowest BCUT2D eigenvalue weighted by atomic mass is 10.1. The van der Waals surface area contributed by atoms with E-state index in [9.17, 15) is 9.59 Å². The zero-order valence-corrected chi connectivity index (χ0v) is 13.0. The number of hydrazine groups is 1. The summed E-state index contributed by atoms with van der Waals surface area (Å²) in [5.41, 5.74) is 0.133. The summed E-state index contributed by atoms with van der Waals surface area (Å²) in [5, 5.41) is 5.88. The van der Waals surface area contributed by atoms with E-state index < -0.39 is 23.7 Å². The monoisotopic (exact) mass is 303 g/mol. The van der Waals surface area contributed by atoms with Gasteiger partial charge in [0.15, 0.2) is 0 Å². The van der Waals surface area contributed by atoms with Crippen LogP contribution in [0.15, 0.2) is 11.1 Å². The Hall–Kier alpha value is -1.41. The fourth-order valence-electron chi connectivity index (χ4n) is 1.52. The zero-order valence-electron chi connectivity index (χ0n) is 12.1. The fraction of sp³-hybridized carbons (Fsp3) is 0.667. The molecule has 8 heteroatoms. The molecule has 0 spiro atoms. The number of amides is 1. The summed E-state index contributed by atoms with van der Waals surface area (Å²) in [7, 11) is 1.27. The van der Waals surface area contributed by atoms with Gasteiger partial charge in [0.1, 0.15) is 11.6 Å². The van der Waals surface area contributed by atoms with E-state index in [1.807, 2.05) is 5.41 Å². The van der Waals surface area contributed by atoms with Crippen molar-refractivity contribution in [2.24, 2.45) is 5.84 Å². The summed E-state index contributed by atoms with van der Waals surface area (Å²) in [4.78, 5) is 23.5. The van der Waals surface area contributed by atoms with Crippen molar-refractivity contribution in [1.82, 2.24) is 10.3 Å². The van der Waals surface area contributed by atoms with Gasteiger partial charge in [0.25, 0.3) is 0 Å². The second-order valence-electron chi connectivity index (χ2n) is 5.30. The Labute approximate surface area is 122 Å². The number of hydrogen-bond donors (Lipinski definition) is 2. The first-order valence-electron chi connectivity index (χ1n) is 6.13. The van der Waals surface area contributed by atoms with Crippen molar-refractivity contribution < 1.29 is 19.1 Å². The Morgan fingerprint density at radius 1 is 1.55 bits per heavy atom. The van der Waals surface area contributed by atoms with Crippen LogP contribution in [0.5, 0.6) is 0 Å². The van der Waals surface area contributed by atoms with Gasteiger partial charge in [-0.1, -0.05) is 0 Å². The van der Waals surface area contributed by atoms with E-state index >= 15 is 0 Å². The molecule has 1 aliphatic heterocycles. The number of carbonyl (C=O) groups is 2. The number of nitrogens with one attached hydrogen (secondary N) is 1. The van der Waals surface area contributed by atoms with Gasteiger partial charge in [-0.15, -0.1) is 11.8 Å². The number of alkyl carbamates (subject to hydrolysis) is 1. The second kappa shape index (κ2) is 6.85. The molecule has 1 unspecified atom stereocenters. The van der Waals surface area contributed by atoms with Crippen molar-refractivity contribution in [2.75, 3.05) is 13.0 Å². The van der Waals surface area contributed by atoms with Gasteiger partial charge >= 0.3 is 12.1 Å². The molecule has 0 fully saturated rings. The van der Waals surface area contributed by atoms with Crippen LogP contribution in [0, 0.1) is 0 Å². The van der Waals surface area contributed by atoms with E-state index in [0.29, 0.717) is 5.88 Å². The summed E-state index contributed by atoms with van der Waals surface area (Å²) in [6.07, 6.45) is -0.405. The van der Waals surface area contributed by atoms with Gasteiger partial charge in [0.2, 0.25) is 0 Å². The number of carbonyl (C=O) groups excluding carboxylic acids is 2. The molecular weight excluding hydrogens is 282 g/mol. The third kappa shape index (κ3) is 5.30. The molecule has 0 saturated carbocycles. The van der Waals surface area contributed by atoms with Crippen LogP contribution in [0.1, 0.15) is 27.2 Å². The van der Waals surface area contributed by atoms with E-state index in [1.54, 1.807) is 20.8 Å². The summed E-state index contributed by atoms with van der Waals surface area (Å²) in [5.74, 6) is 5.83. The molecular formula is C12H21N3O4S. The van der Waals surface area contributed by atoms with Gasteiger partial charge in [-0.2, -0.15) is 0 Å². The standard InChI is InChI=1S/C12H21N3O4S/c1-12(2,3)19-11(17)14-9(10(16)18-4)5-8-6-20-7-15(8)13/h6,9H,5,7,13H2,1-4H3,(H,14,17). The highest BCUT2D eigenvalue weighted by atomic mass is 32.2. The van der Waals surface area contributed by atoms with Gasteiger partial charge in [-0.3, -0.25) is 0 Å². The number of rotatable bonds is 4. The molecule has 114 valence electrons. The molecule has 1 rings (SSSR count). The molecule has 0 aromatic carbocycles. The average Bonchev–Trinajstić information content (AvgIpc) is 2.70. The lowest BCUT2D eigenvalue weighted by Crippen LogP contribution is -2.45. The van der Waals surface area contributed by atoms with Crippen molar-refractivity contribution >= 4 is 23.8 Å². The Morgan fingerprint density at radius 3 is 2.65 bits per heavy atom. The van der Waals surface area contributed by atoms with Crippen molar-refractivity contribution in [3.63, 3.8) is 0 Å². The molecule has 0 radical (unpaired) electrons. The first-order valence-corrected chi connectivity index (χ1v) is 7.18.